The van der Waals surface area contributed by atoms with Crippen molar-refractivity contribution in [2.45, 2.75) is 45.8 Å². The summed E-state index contributed by atoms with van der Waals surface area (Å²) in [5, 5.41) is 0. The first-order valence-electron chi connectivity index (χ1n) is 6.55. The third-order valence-corrected chi connectivity index (χ3v) is 3.22. The van der Waals surface area contributed by atoms with Gasteiger partial charge in [-0.2, -0.15) is 0 Å². The minimum absolute atomic E-state index is 0.0549. The maximum absolute atomic E-state index is 11.8. The number of ether oxygens (including phenoxy) is 2. The average Bonchev–Trinajstić information content (AvgIpc) is 2.82. The Kier molecular flexibility index (Phi) is 3.82. The topological polar surface area (TPSA) is 64.2 Å². The van der Waals surface area contributed by atoms with Crippen LogP contribution in [-0.2, 0) is 22.3 Å². The molecule has 3 rings (SSSR count). The van der Waals surface area contributed by atoms with Crippen LogP contribution in [0, 0.1) is 6.92 Å². The quantitative estimate of drug-likeness (QED) is 0.756. The fourth-order valence-corrected chi connectivity index (χ4v) is 2.47. The van der Waals surface area contributed by atoms with Crippen molar-refractivity contribution < 1.29 is 9.47 Å². The molecule has 1 fully saturated rings. The van der Waals surface area contributed by atoms with E-state index in [-0.39, 0.29) is 5.56 Å². The van der Waals surface area contributed by atoms with Gasteiger partial charge in [-0.05, 0) is 13.3 Å². The Morgan fingerprint density at radius 2 is 1.94 bits per heavy atom. The van der Waals surface area contributed by atoms with Crippen molar-refractivity contribution in [1.29, 1.82) is 0 Å². The van der Waals surface area contributed by atoms with Crippen LogP contribution in [0.25, 0.3) is 0 Å². The first-order valence-corrected chi connectivity index (χ1v) is 6.55. The molecule has 0 atom stereocenters. The van der Waals surface area contributed by atoms with Crippen molar-refractivity contribution in [3.05, 3.63) is 27.4 Å². The molecule has 0 bridgehead atoms. The summed E-state index contributed by atoms with van der Waals surface area (Å²) < 4.78 is 11.2. The highest BCUT2D eigenvalue weighted by atomic mass is 16.7. The summed E-state index contributed by atoms with van der Waals surface area (Å²) >= 11 is 0. The molecule has 100 valence electrons. The number of hydrogen-bond acceptors (Lipinski definition) is 4. The molecule has 0 saturated carbocycles. The number of fused-ring (bicyclic) bond motifs is 1. The van der Waals surface area contributed by atoms with Gasteiger partial charge in [-0.15, -0.1) is 0 Å². The molecule has 5 nitrogen and oxygen atoms in total. The zero-order chi connectivity index (χ0) is 13.2. The summed E-state index contributed by atoms with van der Waals surface area (Å²) in [6.07, 6.45) is 2.06. The highest BCUT2D eigenvalue weighted by molar-refractivity contribution is 5.23. The van der Waals surface area contributed by atoms with Gasteiger partial charge in [-0.3, -0.25) is 4.79 Å². The molecule has 5 heteroatoms. The molecule has 1 N–H and O–H groups in total. The van der Waals surface area contributed by atoms with Gasteiger partial charge < -0.3 is 14.5 Å². The lowest BCUT2D eigenvalue weighted by atomic mass is 9.91. The minimum Gasteiger partial charge on any atom is -0.347 e. The summed E-state index contributed by atoms with van der Waals surface area (Å²) in [7, 11) is 0. The van der Waals surface area contributed by atoms with Crippen LogP contribution in [0.5, 0.6) is 0 Å². The summed E-state index contributed by atoms with van der Waals surface area (Å²) in [5.74, 6) is 0.115. The number of H-pyrrole nitrogens is 1. The van der Waals surface area contributed by atoms with Gasteiger partial charge in [-0.1, -0.05) is 13.8 Å². The second-order valence-electron chi connectivity index (χ2n) is 4.36. The lowest BCUT2D eigenvalue weighted by Gasteiger charge is -2.31. The number of rotatable bonds is 0. The number of nitrogens with zero attached hydrogens (tertiary/aromatic N) is 1. The Hall–Kier alpha value is -1.20. The maximum atomic E-state index is 11.8. The number of aromatic amines is 1. The van der Waals surface area contributed by atoms with E-state index >= 15 is 0 Å². The van der Waals surface area contributed by atoms with Crippen molar-refractivity contribution in [2.75, 3.05) is 13.2 Å². The molecule has 2 aliphatic rings. The Bertz CT molecular complexity index is 476. The predicted octanol–water partition coefficient (Wildman–Crippen LogP) is 1.34. The van der Waals surface area contributed by atoms with Crippen LogP contribution in [0.15, 0.2) is 4.79 Å². The van der Waals surface area contributed by atoms with E-state index in [2.05, 4.69) is 9.97 Å². The molecule has 2 heterocycles. The zero-order valence-electron chi connectivity index (χ0n) is 11.2. The smallest absolute Gasteiger partial charge is 0.254 e. The van der Waals surface area contributed by atoms with Crippen molar-refractivity contribution in [2.24, 2.45) is 0 Å². The van der Waals surface area contributed by atoms with E-state index in [0.29, 0.717) is 25.5 Å². The predicted molar refractivity (Wildman–Crippen MR) is 67.6 cm³/mol. The van der Waals surface area contributed by atoms with E-state index in [4.69, 9.17) is 9.47 Å². The van der Waals surface area contributed by atoms with E-state index in [1.165, 1.54) is 0 Å². The van der Waals surface area contributed by atoms with Crippen LogP contribution in [0.2, 0.25) is 0 Å². The highest BCUT2D eigenvalue weighted by Crippen LogP contribution is 2.33. The van der Waals surface area contributed by atoms with Gasteiger partial charge in [0.2, 0.25) is 0 Å². The van der Waals surface area contributed by atoms with Gasteiger partial charge in [0.25, 0.3) is 5.56 Å². The number of aryl methyl sites for hydroxylation is 2. The lowest BCUT2D eigenvalue weighted by molar-refractivity contribution is -0.164. The SMILES string of the molecule is CC.Cc1nc2c(c(=O)[nH]1)CC1(CC2)OCCO1. The molecule has 0 unspecified atom stereocenters. The monoisotopic (exact) mass is 252 g/mol. The average molecular weight is 252 g/mol. The fourth-order valence-electron chi connectivity index (χ4n) is 2.47. The first-order chi connectivity index (χ1) is 8.69. The van der Waals surface area contributed by atoms with Crippen molar-refractivity contribution in [3.8, 4) is 0 Å². The van der Waals surface area contributed by atoms with Crippen molar-refractivity contribution in [3.63, 3.8) is 0 Å². The Labute approximate surface area is 107 Å². The summed E-state index contributed by atoms with van der Waals surface area (Å²) in [6, 6.07) is 0. The Morgan fingerprint density at radius 3 is 2.61 bits per heavy atom. The standard InChI is InChI=1S/C11H14N2O3.C2H6/c1-7-12-9-2-3-11(15-4-5-16-11)6-8(9)10(14)13-7;1-2/h2-6H2,1H3,(H,12,13,14);1-2H3. The van der Waals surface area contributed by atoms with Gasteiger partial charge in [0, 0.05) is 18.4 Å². The number of nitrogens with one attached hydrogen (secondary N) is 1. The third kappa shape index (κ3) is 2.33. The molecule has 1 spiro atoms. The number of aromatic nitrogens is 2. The Balaban J connectivity index is 0.000000574. The summed E-state index contributed by atoms with van der Waals surface area (Å²) in [5.41, 5.74) is 1.56. The van der Waals surface area contributed by atoms with Gasteiger partial charge >= 0.3 is 0 Å². The van der Waals surface area contributed by atoms with E-state index in [1.807, 2.05) is 13.8 Å². The first kappa shape index (κ1) is 13.2. The molecule has 1 aliphatic carbocycles. The van der Waals surface area contributed by atoms with E-state index in [0.717, 1.165) is 24.1 Å². The normalized spacial score (nSPS) is 20.2. The molecular formula is C13H20N2O3. The largest absolute Gasteiger partial charge is 0.347 e. The van der Waals surface area contributed by atoms with Gasteiger partial charge in [0.1, 0.15) is 5.82 Å². The van der Waals surface area contributed by atoms with Gasteiger partial charge in [0.15, 0.2) is 5.79 Å². The molecule has 0 radical (unpaired) electrons. The molecule has 1 saturated heterocycles. The van der Waals surface area contributed by atoms with Gasteiger partial charge in [-0.25, -0.2) is 4.98 Å². The molecular weight excluding hydrogens is 232 g/mol. The second-order valence-corrected chi connectivity index (χ2v) is 4.36. The van der Waals surface area contributed by atoms with Crippen LogP contribution in [0.4, 0.5) is 0 Å². The van der Waals surface area contributed by atoms with E-state index < -0.39 is 5.79 Å². The summed E-state index contributed by atoms with van der Waals surface area (Å²) in [6.45, 7) is 7.04. The van der Waals surface area contributed by atoms with E-state index in [1.54, 1.807) is 6.92 Å². The molecule has 1 aromatic heterocycles. The van der Waals surface area contributed by atoms with Crippen molar-refractivity contribution >= 4 is 0 Å². The second kappa shape index (κ2) is 5.20. The molecule has 1 aromatic rings. The van der Waals surface area contributed by atoms with E-state index in [9.17, 15) is 4.79 Å². The van der Waals surface area contributed by atoms with Gasteiger partial charge in [0.05, 0.1) is 18.9 Å². The fraction of sp³-hybridized carbons (Fsp3) is 0.692. The highest BCUT2D eigenvalue weighted by Gasteiger charge is 2.41. The minimum atomic E-state index is -0.559. The van der Waals surface area contributed by atoms with Crippen LogP contribution in [0.1, 0.15) is 37.4 Å². The van der Waals surface area contributed by atoms with Crippen LogP contribution < -0.4 is 5.56 Å². The van der Waals surface area contributed by atoms with Crippen LogP contribution in [-0.4, -0.2) is 29.0 Å². The van der Waals surface area contributed by atoms with Crippen molar-refractivity contribution in [1.82, 2.24) is 9.97 Å². The molecule has 0 amide bonds. The Morgan fingerprint density at radius 1 is 1.28 bits per heavy atom. The molecule has 0 aromatic carbocycles. The maximum Gasteiger partial charge on any atom is 0.254 e. The number of hydrogen-bond donors (Lipinski definition) is 1. The van der Waals surface area contributed by atoms with Crippen LogP contribution in [0.3, 0.4) is 0 Å². The zero-order valence-corrected chi connectivity index (χ0v) is 11.2. The summed E-state index contributed by atoms with van der Waals surface area (Å²) in [4.78, 5) is 18.9. The third-order valence-electron chi connectivity index (χ3n) is 3.22. The van der Waals surface area contributed by atoms with Crippen LogP contribution >= 0.6 is 0 Å². The molecule has 18 heavy (non-hydrogen) atoms. The molecule has 1 aliphatic heterocycles. The lowest BCUT2D eigenvalue weighted by Crippen LogP contribution is -2.40.